The summed E-state index contributed by atoms with van der Waals surface area (Å²) in [6, 6.07) is 27.0. The van der Waals surface area contributed by atoms with Gasteiger partial charge >= 0.3 is 0 Å². The fourth-order valence-electron chi connectivity index (χ4n) is 6.66. The van der Waals surface area contributed by atoms with E-state index in [0.717, 1.165) is 62.6 Å². The summed E-state index contributed by atoms with van der Waals surface area (Å²) in [7, 11) is 0. The first kappa shape index (κ1) is 30.6. The zero-order valence-electron chi connectivity index (χ0n) is 25.8. The summed E-state index contributed by atoms with van der Waals surface area (Å²) in [6.07, 6.45) is 6.65. The lowest BCUT2D eigenvalue weighted by molar-refractivity contribution is -0.130. The third kappa shape index (κ3) is 7.63. The van der Waals surface area contributed by atoms with Gasteiger partial charge in [-0.1, -0.05) is 79.6 Å². The maximum atomic E-state index is 13.8. The van der Waals surface area contributed by atoms with E-state index in [4.69, 9.17) is 0 Å². The van der Waals surface area contributed by atoms with Gasteiger partial charge in [-0.25, -0.2) is 0 Å². The van der Waals surface area contributed by atoms with E-state index in [1.807, 2.05) is 30.3 Å². The van der Waals surface area contributed by atoms with Crippen LogP contribution in [0.5, 0.6) is 0 Å². The van der Waals surface area contributed by atoms with Crippen LogP contribution >= 0.6 is 11.8 Å². The molecule has 0 aromatic heterocycles. The van der Waals surface area contributed by atoms with Crippen molar-refractivity contribution in [1.82, 2.24) is 20.0 Å². The molecular weight excluding hydrogens is 565 g/mol. The standard InChI is InChI=1S/C37H44N4O2S/c1-28-9-5-6-12-32(28)27-41-33-13-7-8-14-34(33)44-35(37(41)43)25-29-15-17-31(18-16-29)36(42)38-19-20-39-21-23-40(24-22-39)26-30-10-3-2-4-11-30/h2-6,9-12,15-18,25,33-34H,7-8,13-14,19-24,26-27H2,1H3,(H,38,42)/b35-25+. The number of thioether (sulfide) groups is 1. The fourth-order valence-corrected chi connectivity index (χ4v) is 8.13. The lowest BCUT2D eigenvalue weighted by Crippen LogP contribution is -2.50. The molecule has 2 saturated heterocycles. The molecule has 0 radical (unpaired) electrons. The van der Waals surface area contributed by atoms with Crippen molar-refractivity contribution in [2.45, 2.75) is 57.0 Å². The topological polar surface area (TPSA) is 55.9 Å². The molecule has 3 fully saturated rings. The molecular formula is C37H44N4O2S. The Morgan fingerprint density at radius 3 is 2.34 bits per heavy atom. The number of nitrogens with zero attached hydrogens (tertiary/aromatic N) is 3. The summed E-state index contributed by atoms with van der Waals surface area (Å²) in [4.78, 5) is 34.5. The van der Waals surface area contributed by atoms with Crippen molar-refractivity contribution in [2.75, 3.05) is 39.3 Å². The van der Waals surface area contributed by atoms with Crippen LogP contribution in [-0.2, 0) is 17.9 Å². The van der Waals surface area contributed by atoms with Crippen molar-refractivity contribution in [1.29, 1.82) is 0 Å². The van der Waals surface area contributed by atoms with Gasteiger partial charge < -0.3 is 10.2 Å². The molecule has 7 heteroatoms. The van der Waals surface area contributed by atoms with Crippen LogP contribution < -0.4 is 5.32 Å². The smallest absolute Gasteiger partial charge is 0.260 e. The van der Waals surface area contributed by atoms with Crippen LogP contribution in [0, 0.1) is 6.92 Å². The van der Waals surface area contributed by atoms with Gasteiger partial charge in [0.05, 0.1) is 4.91 Å². The molecule has 1 aliphatic carbocycles. The van der Waals surface area contributed by atoms with Gasteiger partial charge in [0, 0.05) is 69.2 Å². The maximum Gasteiger partial charge on any atom is 0.260 e. The number of carbonyl (C=O) groups is 2. The molecule has 3 aromatic rings. The molecule has 1 N–H and O–H groups in total. The van der Waals surface area contributed by atoms with Gasteiger partial charge in [-0.05, 0) is 60.2 Å². The van der Waals surface area contributed by atoms with E-state index in [1.165, 1.54) is 29.5 Å². The van der Waals surface area contributed by atoms with Gasteiger partial charge in [-0.15, -0.1) is 11.8 Å². The lowest BCUT2D eigenvalue weighted by Gasteiger charge is -2.44. The second kappa shape index (κ2) is 14.6. The number of piperazine rings is 1. The molecule has 44 heavy (non-hydrogen) atoms. The highest BCUT2D eigenvalue weighted by atomic mass is 32.2. The zero-order valence-corrected chi connectivity index (χ0v) is 26.6. The molecule has 3 aromatic carbocycles. The summed E-state index contributed by atoms with van der Waals surface area (Å²) in [5, 5.41) is 3.53. The van der Waals surface area contributed by atoms with Crippen molar-refractivity contribution < 1.29 is 9.59 Å². The van der Waals surface area contributed by atoms with Crippen LogP contribution in [0.2, 0.25) is 0 Å². The van der Waals surface area contributed by atoms with Crippen LogP contribution in [-0.4, -0.2) is 77.1 Å². The number of hydrogen-bond acceptors (Lipinski definition) is 5. The van der Waals surface area contributed by atoms with Crippen LogP contribution in [0.25, 0.3) is 6.08 Å². The average Bonchev–Trinajstić information content (AvgIpc) is 3.05. The SMILES string of the molecule is Cc1ccccc1CN1C(=O)/C(=C\c2ccc(C(=O)NCCN3CCN(Cc4ccccc4)CC3)cc2)SC2CCCCC21. The molecule has 1 saturated carbocycles. The number of amides is 2. The molecule has 2 heterocycles. The Bertz CT molecular complexity index is 1450. The molecule has 3 aliphatic rings. The van der Waals surface area contributed by atoms with Gasteiger partial charge in [0.1, 0.15) is 0 Å². The maximum absolute atomic E-state index is 13.8. The number of benzene rings is 3. The Morgan fingerprint density at radius 2 is 1.57 bits per heavy atom. The molecule has 230 valence electrons. The Morgan fingerprint density at radius 1 is 0.864 bits per heavy atom. The van der Waals surface area contributed by atoms with Crippen molar-refractivity contribution in [2.24, 2.45) is 0 Å². The quantitative estimate of drug-likeness (QED) is 0.304. The Hall–Kier alpha value is -3.39. The number of nitrogens with one attached hydrogen (secondary N) is 1. The second-order valence-electron chi connectivity index (χ2n) is 12.4. The highest BCUT2D eigenvalue weighted by molar-refractivity contribution is 8.04. The summed E-state index contributed by atoms with van der Waals surface area (Å²) >= 11 is 1.76. The average molecular weight is 609 g/mol. The first-order valence-corrected chi connectivity index (χ1v) is 17.0. The first-order valence-electron chi connectivity index (χ1n) is 16.1. The fraction of sp³-hybridized carbons (Fsp3) is 0.405. The van der Waals surface area contributed by atoms with E-state index in [1.54, 1.807) is 11.8 Å². The van der Waals surface area contributed by atoms with E-state index in [-0.39, 0.29) is 11.8 Å². The third-order valence-electron chi connectivity index (χ3n) is 9.32. The van der Waals surface area contributed by atoms with E-state index in [9.17, 15) is 9.59 Å². The van der Waals surface area contributed by atoms with E-state index in [2.05, 4.69) is 81.5 Å². The molecule has 6 rings (SSSR count). The number of carbonyl (C=O) groups excluding carboxylic acids is 2. The molecule has 2 atom stereocenters. The van der Waals surface area contributed by atoms with Crippen LogP contribution in [0.15, 0.2) is 83.8 Å². The summed E-state index contributed by atoms with van der Waals surface area (Å²) < 4.78 is 0. The van der Waals surface area contributed by atoms with Gasteiger partial charge in [0.15, 0.2) is 0 Å². The Balaban J connectivity index is 1.01. The molecule has 6 nitrogen and oxygen atoms in total. The minimum absolute atomic E-state index is 0.0514. The van der Waals surface area contributed by atoms with Gasteiger partial charge in [-0.3, -0.25) is 19.4 Å². The number of rotatable bonds is 9. The predicted octanol–water partition coefficient (Wildman–Crippen LogP) is 5.97. The van der Waals surface area contributed by atoms with Crippen molar-refractivity contribution in [3.05, 3.63) is 112 Å². The lowest BCUT2D eigenvalue weighted by atomic mass is 9.92. The largest absolute Gasteiger partial charge is 0.351 e. The number of fused-ring (bicyclic) bond motifs is 1. The second-order valence-corrected chi connectivity index (χ2v) is 13.6. The van der Waals surface area contributed by atoms with Gasteiger partial charge in [-0.2, -0.15) is 0 Å². The minimum Gasteiger partial charge on any atom is -0.351 e. The van der Waals surface area contributed by atoms with Gasteiger partial charge in [0.25, 0.3) is 11.8 Å². The van der Waals surface area contributed by atoms with Crippen molar-refractivity contribution >= 4 is 29.7 Å². The number of hydrogen-bond donors (Lipinski definition) is 1. The molecule has 2 amide bonds. The van der Waals surface area contributed by atoms with E-state index in [0.29, 0.717) is 29.9 Å². The number of aryl methyl sites for hydroxylation is 1. The zero-order chi connectivity index (χ0) is 30.3. The highest BCUT2D eigenvalue weighted by Crippen LogP contribution is 2.42. The van der Waals surface area contributed by atoms with Crippen LogP contribution in [0.1, 0.15) is 58.3 Å². The van der Waals surface area contributed by atoms with E-state index < -0.39 is 0 Å². The van der Waals surface area contributed by atoms with Crippen molar-refractivity contribution in [3.8, 4) is 0 Å². The molecule has 2 unspecified atom stereocenters. The summed E-state index contributed by atoms with van der Waals surface area (Å²) in [5.74, 6) is 0.0774. The van der Waals surface area contributed by atoms with Crippen LogP contribution in [0.3, 0.4) is 0 Å². The third-order valence-corrected chi connectivity index (χ3v) is 10.7. The minimum atomic E-state index is -0.0514. The Labute approximate surface area is 266 Å². The highest BCUT2D eigenvalue weighted by Gasteiger charge is 2.40. The van der Waals surface area contributed by atoms with Crippen molar-refractivity contribution in [3.63, 3.8) is 0 Å². The van der Waals surface area contributed by atoms with Gasteiger partial charge in [0.2, 0.25) is 0 Å². The normalized spacial score (nSPS) is 22.2. The summed E-state index contributed by atoms with van der Waals surface area (Å²) in [6.45, 7) is 9.41. The summed E-state index contributed by atoms with van der Waals surface area (Å²) in [5.41, 5.74) is 5.41. The Kier molecular flexibility index (Phi) is 10.2. The molecule has 0 spiro atoms. The molecule has 0 bridgehead atoms. The molecule has 2 aliphatic heterocycles. The first-order chi connectivity index (χ1) is 21.5. The van der Waals surface area contributed by atoms with Crippen LogP contribution in [0.4, 0.5) is 0 Å². The predicted molar refractivity (Wildman–Crippen MR) is 180 cm³/mol. The monoisotopic (exact) mass is 608 g/mol. The van der Waals surface area contributed by atoms with E-state index >= 15 is 0 Å².